The molecule has 0 bridgehead atoms. The zero-order valence-electron chi connectivity index (χ0n) is 20.6. The van der Waals surface area contributed by atoms with Crippen molar-refractivity contribution in [1.82, 2.24) is 9.62 Å². The number of nitrogens with two attached hydrogens (primary N) is 1. The van der Waals surface area contributed by atoms with Crippen molar-refractivity contribution in [3.63, 3.8) is 0 Å². The molecule has 2 amide bonds. The lowest BCUT2D eigenvalue weighted by Gasteiger charge is -2.25. The molecule has 0 saturated carbocycles. The highest BCUT2D eigenvalue weighted by molar-refractivity contribution is 7.89. The van der Waals surface area contributed by atoms with Crippen LogP contribution in [-0.4, -0.2) is 60.8 Å². The van der Waals surface area contributed by atoms with Crippen LogP contribution in [0.15, 0.2) is 59.5 Å². The number of aliphatic carboxylic acids is 1. The number of amides is 2. The van der Waals surface area contributed by atoms with E-state index in [0.29, 0.717) is 37.1 Å². The standard InChI is InChI=1S/C26H34N4O6S/c27-16-6-2-5-11-24(31)28-20-14-12-19(13-15-20)18-22(26(33)34)29-25(32)23-10-7-17-30(23)37(35,36)21-8-3-1-4-9-21/h1,3-4,8-9,12-15,22-23H,2,5-7,10-11,16-18,27H2,(H,28,31)(H,29,32)(H,33,34). The fourth-order valence-electron chi connectivity index (χ4n) is 4.28. The first-order valence-corrected chi connectivity index (χ1v) is 13.9. The molecule has 200 valence electrons. The second kappa shape index (κ2) is 13.3. The number of carbonyl (C=O) groups is 3. The highest BCUT2D eigenvalue weighted by Crippen LogP contribution is 2.26. The molecule has 11 heteroatoms. The van der Waals surface area contributed by atoms with Gasteiger partial charge in [-0.25, -0.2) is 13.2 Å². The Bertz CT molecular complexity index is 1170. The van der Waals surface area contributed by atoms with Crippen LogP contribution in [0.5, 0.6) is 0 Å². The Morgan fingerprint density at radius 3 is 2.38 bits per heavy atom. The van der Waals surface area contributed by atoms with Crippen LogP contribution in [-0.2, 0) is 30.8 Å². The van der Waals surface area contributed by atoms with Crippen molar-refractivity contribution in [3.8, 4) is 0 Å². The minimum absolute atomic E-state index is 0.00649. The highest BCUT2D eigenvalue weighted by atomic mass is 32.2. The van der Waals surface area contributed by atoms with Crippen molar-refractivity contribution in [1.29, 1.82) is 0 Å². The summed E-state index contributed by atoms with van der Waals surface area (Å²) in [7, 11) is -3.89. The van der Waals surface area contributed by atoms with Gasteiger partial charge >= 0.3 is 5.97 Å². The molecule has 0 radical (unpaired) electrons. The van der Waals surface area contributed by atoms with Crippen LogP contribution in [0.3, 0.4) is 0 Å². The summed E-state index contributed by atoms with van der Waals surface area (Å²) in [5.74, 6) is -1.96. The van der Waals surface area contributed by atoms with Gasteiger partial charge in [0.25, 0.3) is 0 Å². The third-order valence-corrected chi connectivity index (χ3v) is 8.18. The summed E-state index contributed by atoms with van der Waals surface area (Å²) in [6.07, 6.45) is 3.74. The maximum Gasteiger partial charge on any atom is 0.326 e. The maximum atomic E-state index is 13.1. The van der Waals surface area contributed by atoms with Gasteiger partial charge in [-0.05, 0) is 62.1 Å². The van der Waals surface area contributed by atoms with Crippen LogP contribution < -0.4 is 16.4 Å². The predicted octanol–water partition coefficient (Wildman–Crippen LogP) is 2.11. The molecule has 5 N–H and O–H groups in total. The van der Waals surface area contributed by atoms with Crippen LogP contribution in [0, 0.1) is 0 Å². The third-order valence-electron chi connectivity index (χ3n) is 6.26. The van der Waals surface area contributed by atoms with E-state index in [2.05, 4.69) is 10.6 Å². The summed E-state index contributed by atoms with van der Waals surface area (Å²) < 4.78 is 27.2. The molecule has 1 fully saturated rings. The van der Waals surface area contributed by atoms with E-state index in [-0.39, 0.29) is 23.8 Å². The second-order valence-corrected chi connectivity index (χ2v) is 10.9. The molecule has 1 aliphatic heterocycles. The number of carboxylic acids is 1. The van der Waals surface area contributed by atoms with E-state index in [1.807, 2.05) is 0 Å². The minimum Gasteiger partial charge on any atom is -0.480 e. The van der Waals surface area contributed by atoms with E-state index in [9.17, 15) is 27.9 Å². The van der Waals surface area contributed by atoms with E-state index in [0.717, 1.165) is 23.6 Å². The average molecular weight is 531 g/mol. The van der Waals surface area contributed by atoms with Crippen molar-refractivity contribution in [2.24, 2.45) is 5.73 Å². The Labute approximate surface area is 217 Å². The van der Waals surface area contributed by atoms with Gasteiger partial charge in [-0.15, -0.1) is 0 Å². The third kappa shape index (κ3) is 7.85. The summed E-state index contributed by atoms with van der Waals surface area (Å²) in [4.78, 5) is 37.0. The molecule has 37 heavy (non-hydrogen) atoms. The van der Waals surface area contributed by atoms with Gasteiger partial charge in [0.1, 0.15) is 12.1 Å². The van der Waals surface area contributed by atoms with Gasteiger partial charge in [0.2, 0.25) is 21.8 Å². The molecule has 3 rings (SSSR count). The first kappa shape index (κ1) is 28.3. The minimum atomic E-state index is -3.89. The van der Waals surface area contributed by atoms with E-state index in [1.54, 1.807) is 42.5 Å². The van der Waals surface area contributed by atoms with Gasteiger partial charge < -0.3 is 21.5 Å². The summed E-state index contributed by atoms with van der Waals surface area (Å²) >= 11 is 0. The normalized spacial score (nSPS) is 16.7. The van der Waals surface area contributed by atoms with Gasteiger partial charge in [0.15, 0.2) is 0 Å². The van der Waals surface area contributed by atoms with E-state index >= 15 is 0 Å². The van der Waals surface area contributed by atoms with Gasteiger partial charge in [-0.2, -0.15) is 4.31 Å². The lowest BCUT2D eigenvalue weighted by atomic mass is 10.0. The number of hydrogen-bond acceptors (Lipinski definition) is 6. The van der Waals surface area contributed by atoms with E-state index in [1.165, 1.54) is 12.1 Å². The SMILES string of the molecule is NCCCCCC(=O)Nc1ccc(CC(NC(=O)C2CCCN2S(=O)(=O)c2ccccc2)C(=O)O)cc1. The second-order valence-electron chi connectivity index (χ2n) is 9.03. The number of sulfonamides is 1. The molecule has 0 spiro atoms. The zero-order chi connectivity index (χ0) is 26.8. The Kier molecular flexibility index (Phi) is 10.2. The number of carboxylic acid groups (broad SMARTS) is 1. The first-order valence-electron chi connectivity index (χ1n) is 12.4. The molecule has 2 unspecified atom stereocenters. The molecule has 1 heterocycles. The van der Waals surface area contributed by atoms with Crippen LogP contribution in [0.1, 0.15) is 44.1 Å². The number of nitrogens with zero attached hydrogens (tertiary/aromatic N) is 1. The Hall–Kier alpha value is -3.28. The van der Waals surface area contributed by atoms with Gasteiger partial charge in [0.05, 0.1) is 4.90 Å². The van der Waals surface area contributed by atoms with Crippen molar-refractivity contribution >= 4 is 33.5 Å². The van der Waals surface area contributed by atoms with Gasteiger partial charge in [-0.1, -0.05) is 36.8 Å². The fraction of sp³-hybridized carbons (Fsp3) is 0.423. The lowest BCUT2D eigenvalue weighted by molar-refractivity contribution is -0.142. The number of carbonyl (C=O) groups excluding carboxylic acids is 2. The molecule has 0 aliphatic carbocycles. The largest absolute Gasteiger partial charge is 0.480 e. The number of unbranched alkanes of at least 4 members (excludes halogenated alkanes) is 2. The summed E-state index contributed by atoms with van der Waals surface area (Å²) in [6.45, 7) is 0.791. The topological polar surface area (TPSA) is 159 Å². The average Bonchev–Trinajstić information content (AvgIpc) is 3.39. The van der Waals surface area contributed by atoms with E-state index < -0.39 is 34.0 Å². The summed E-state index contributed by atoms with van der Waals surface area (Å²) in [6, 6.07) is 12.4. The monoisotopic (exact) mass is 530 g/mol. The highest BCUT2D eigenvalue weighted by Gasteiger charge is 2.40. The smallest absolute Gasteiger partial charge is 0.326 e. The van der Waals surface area contributed by atoms with Crippen molar-refractivity contribution < 1.29 is 27.9 Å². The van der Waals surface area contributed by atoms with Crippen LogP contribution in [0.4, 0.5) is 5.69 Å². The summed E-state index contributed by atoms with van der Waals surface area (Å²) in [5.41, 5.74) is 6.69. The number of anilines is 1. The number of hydrogen-bond donors (Lipinski definition) is 4. The molecule has 1 saturated heterocycles. The first-order chi connectivity index (χ1) is 17.7. The maximum absolute atomic E-state index is 13.1. The Morgan fingerprint density at radius 2 is 1.73 bits per heavy atom. The van der Waals surface area contributed by atoms with Crippen LogP contribution in [0.25, 0.3) is 0 Å². The van der Waals surface area contributed by atoms with Gasteiger partial charge in [-0.3, -0.25) is 9.59 Å². The lowest BCUT2D eigenvalue weighted by Crippen LogP contribution is -2.51. The molecule has 1 aliphatic rings. The molecule has 0 aromatic heterocycles. The van der Waals surface area contributed by atoms with Gasteiger partial charge in [0, 0.05) is 25.1 Å². The Morgan fingerprint density at radius 1 is 1.03 bits per heavy atom. The number of nitrogens with one attached hydrogen (secondary N) is 2. The molecule has 10 nitrogen and oxygen atoms in total. The molecule has 2 aromatic rings. The van der Waals surface area contributed by atoms with Crippen molar-refractivity contribution in [3.05, 3.63) is 60.2 Å². The molecular weight excluding hydrogens is 496 g/mol. The predicted molar refractivity (Wildman–Crippen MR) is 139 cm³/mol. The zero-order valence-corrected chi connectivity index (χ0v) is 21.5. The molecular formula is C26H34N4O6S. The fourth-order valence-corrected chi connectivity index (χ4v) is 5.95. The van der Waals surface area contributed by atoms with Crippen LogP contribution >= 0.6 is 0 Å². The number of benzene rings is 2. The summed E-state index contributed by atoms with van der Waals surface area (Å²) in [5, 5.41) is 15.0. The van der Waals surface area contributed by atoms with Crippen molar-refractivity contribution in [2.45, 2.75) is 61.9 Å². The van der Waals surface area contributed by atoms with Crippen LogP contribution in [0.2, 0.25) is 0 Å². The van der Waals surface area contributed by atoms with Crippen molar-refractivity contribution in [2.75, 3.05) is 18.4 Å². The molecule has 2 aromatic carbocycles. The molecule has 2 atom stereocenters. The van der Waals surface area contributed by atoms with E-state index in [4.69, 9.17) is 5.73 Å². The Balaban J connectivity index is 1.60. The number of rotatable bonds is 13. The quantitative estimate of drug-likeness (QED) is 0.289.